The number of hydrogen-bond acceptors (Lipinski definition) is 4. The van der Waals surface area contributed by atoms with Gasteiger partial charge >= 0.3 is 0 Å². The first-order chi connectivity index (χ1) is 8.06. The van der Waals surface area contributed by atoms with Gasteiger partial charge in [0.15, 0.2) is 0 Å². The van der Waals surface area contributed by atoms with E-state index < -0.39 is 5.54 Å². The predicted molar refractivity (Wildman–Crippen MR) is 65.4 cm³/mol. The highest BCUT2D eigenvalue weighted by Crippen LogP contribution is 2.16. The van der Waals surface area contributed by atoms with E-state index in [0.29, 0.717) is 17.0 Å². The summed E-state index contributed by atoms with van der Waals surface area (Å²) in [6.45, 7) is 2.13. The second-order valence-electron chi connectivity index (χ2n) is 3.98. The minimum absolute atomic E-state index is 0.270. The van der Waals surface area contributed by atoms with E-state index in [-0.39, 0.29) is 6.54 Å². The van der Waals surface area contributed by atoms with Crippen LogP contribution in [-0.4, -0.2) is 20.5 Å². The highest BCUT2D eigenvalue weighted by molar-refractivity contribution is 6.31. The molecular formula is C11H12ClN5. The molecule has 0 amide bonds. The molecule has 88 valence electrons. The smallest absolute Gasteiger partial charge is 0.125 e. The molecule has 0 saturated carbocycles. The van der Waals surface area contributed by atoms with E-state index in [0.717, 1.165) is 5.52 Å². The molecule has 0 spiro atoms. The summed E-state index contributed by atoms with van der Waals surface area (Å²) < 4.78 is 0. The normalized spacial score (nSPS) is 14.5. The summed E-state index contributed by atoms with van der Waals surface area (Å²) in [6.07, 6.45) is 0.544. The van der Waals surface area contributed by atoms with Crippen molar-refractivity contribution in [3.8, 4) is 6.07 Å². The molecule has 2 aromatic rings. The standard InChI is InChI=1S/C11H12ClN5/c1-2-11(14,6-13)7-17-15-9-4-3-8(12)5-10(9)16-17/h3-5H,2,7,14H2,1H3. The third-order valence-electron chi connectivity index (χ3n) is 2.66. The molecule has 1 aromatic heterocycles. The van der Waals surface area contributed by atoms with Gasteiger partial charge in [0.25, 0.3) is 0 Å². The number of halogens is 1. The molecular weight excluding hydrogens is 238 g/mol. The maximum atomic E-state index is 9.00. The zero-order valence-corrected chi connectivity index (χ0v) is 10.1. The number of hydrogen-bond donors (Lipinski definition) is 1. The molecule has 0 saturated heterocycles. The van der Waals surface area contributed by atoms with Crippen LogP contribution in [0.15, 0.2) is 18.2 Å². The Morgan fingerprint density at radius 2 is 2.18 bits per heavy atom. The van der Waals surface area contributed by atoms with Gasteiger partial charge in [-0.2, -0.15) is 20.3 Å². The van der Waals surface area contributed by atoms with E-state index in [1.54, 1.807) is 18.2 Å². The summed E-state index contributed by atoms with van der Waals surface area (Å²) in [7, 11) is 0. The summed E-state index contributed by atoms with van der Waals surface area (Å²) in [5.74, 6) is 0. The lowest BCUT2D eigenvalue weighted by Gasteiger charge is -2.17. The van der Waals surface area contributed by atoms with Crippen molar-refractivity contribution in [2.45, 2.75) is 25.4 Å². The predicted octanol–water partition coefficient (Wildman–Crippen LogP) is 1.72. The Morgan fingerprint density at radius 3 is 2.82 bits per heavy atom. The molecule has 2 N–H and O–H groups in total. The van der Waals surface area contributed by atoms with Crippen LogP contribution in [0.3, 0.4) is 0 Å². The van der Waals surface area contributed by atoms with Crippen LogP contribution in [0, 0.1) is 11.3 Å². The van der Waals surface area contributed by atoms with Crippen LogP contribution in [-0.2, 0) is 6.54 Å². The van der Waals surface area contributed by atoms with Crippen molar-refractivity contribution < 1.29 is 0 Å². The molecule has 17 heavy (non-hydrogen) atoms. The molecule has 5 nitrogen and oxygen atoms in total. The summed E-state index contributed by atoms with van der Waals surface area (Å²) in [6, 6.07) is 7.36. The summed E-state index contributed by atoms with van der Waals surface area (Å²) in [4.78, 5) is 1.45. The quantitative estimate of drug-likeness (QED) is 0.898. The average molecular weight is 250 g/mol. The Hall–Kier alpha value is -1.64. The SMILES string of the molecule is CCC(N)(C#N)Cn1nc2ccc(Cl)cc2n1. The number of aromatic nitrogens is 3. The second kappa shape index (κ2) is 4.32. The topological polar surface area (TPSA) is 80.5 Å². The zero-order chi connectivity index (χ0) is 12.5. The number of nitrogens with two attached hydrogens (primary N) is 1. The lowest BCUT2D eigenvalue weighted by Crippen LogP contribution is -2.42. The lowest BCUT2D eigenvalue weighted by molar-refractivity contribution is 0.388. The van der Waals surface area contributed by atoms with Crippen LogP contribution in [0.2, 0.25) is 5.02 Å². The van der Waals surface area contributed by atoms with Gasteiger partial charge in [-0.3, -0.25) is 0 Å². The van der Waals surface area contributed by atoms with E-state index in [1.165, 1.54) is 4.80 Å². The van der Waals surface area contributed by atoms with Gasteiger partial charge in [0.05, 0.1) is 12.6 Å². The van der Waals surface area contributed by atoms with Crippen molar-refractivity contribution in [2.24, 2.45) is 5.73 Å². The minimum atomic E-state index is -0.932. The first-order valence-electron chi connectivity index (χ1n) is 5.27. The Bertz CT molecular complexity index is 585. The van der Waals surface area contributed by atoms with E-state index in [1.807, 2.05) is 6.92 Å². The fourth-order valence-corrected chi connectivity index (χ4v) is 1.65. The maximum absolute atomic E-state index is 9.00. The number of nitriles is 1. The van der Waals surface area contributed by atoms with Gasteiger partial charge in [0.1, 0.15) is 16.6 Å². The molecule has 0 aliphatic heterocycles. The second-order valence-corrected chi connectivity index (χ2v) is 4.42. The van der Waals surface area contributed by atoms with Gasteiger partial charge < -0.3 is 5.73 Å². The molecule has 1 heterocycles. The fraction of sp³-hybridized carbons (Fsp3) is 0.364. The van der Waals surface area contributed by atoms with Crippen LogP contribution >= 0.6 is 11.6 Å². The molecule has 0 aliphatic carbocycles. The minimum Gasteiger partial charge on any atom is -0.312 e. The van der Waals surface area contributed by atoms with Gasteiger partial charge in [-0.1, -0.05) is 18.5 Å². The summed E-state index contributed by atoms with van der Waals surface area (Å²) >= 11 is 5.86. The fourth-order valence-electron chi connectivity index (χ4n) is 1.48. The van der Waals surface area contributed by atoms with Crippen molar-refractivity contribution in [3.05, 3.63) is 23.2 Å². The van der Waals surface area contributed by atoms with Crippen molar-refractivity contribution in [2.75, 3.05) is 0 Å². The number of nitrogens with zero attached hydrogens (tertiary/aromatic N) is 4. The lowest BCUT2D eigenvalue weighted by atomic mass is 10.0. The highest BCUT2D eigenvalue weighted by Gasteiger charge is 2.24. The third-order valence-corrected chi connectivity index (χ3v) is 2.90. The highest BCUT2D eigenvalue weighted by atomic mass is 35.5. The summed E-state index contributed by atoms with van der Waals surface area (Å²) in [5.41, 5.74) is 6.40. The van der Waals surface area contributed by atoms with Crippen LogP contribution < -0.4 is 5.73 Å². The monoisotopic (exact) mass is 249 g/mol. The van der Waals surface area contributed by atoms with E-state index in [9.17, 15) is 0 Å². The Balaban J connectivity index is 2.35. The van der Waals surface area contributed by atoms with Gasteiger partial charge in [-0.15, -0.1) is 0 Å². The van der Waals surface area contributed by atoms with Crippen LogP contribution in [0.25, 0.3) is 11.0 Å². The molecule has 0 radical (unpaired) electrons. The van der Waals surface area contributed by atoms with Crippen molar-refractivity contribution >= 4 is 22.6 Å². The third kappa shape index (κ3) is 2.38. The molecule has 2 rings (SSSR count). The number of benzene rings is 1. The molecule has 1 aromatic carbocycles. The van der Waals surface area contributed by atoms with Gasteiger partial charge in [0, 0.05) is 5.02 Å². The van der Waals surface area contributed by atoms with Gasteiger partial charge in [0.2, 0.25) is 0 Å². The van der Waals surface area contributed by atoms with Crippen molar-refractivity contribution in [1.82, 2.24) is 15.0 Å². The van der Waals surface area contributed by atoms with Gasteiger partial charge in [-0.05, 0) is 24.6 Å². The molecule has 1 unspecified atom stereocenters. The Kier molecular flexibility index (Phi) is 3.01. The average Bonchev–Trinajstić information content (AvgIpc) is 2.70. The molecule has 6 heteroatoms. The Morgan fingerprint density at radius 1 is 1.47 bits per heavy atom. The van der Waals surface area contributed by atoms with Crippen LogP contribution in [0.1, 0.15) is 13.3 Å². The number of fused-ring (bicyclic) bond motifs is 1. The van der Waals surface area contributed by atoms with Crippen molar-refractivity contribution in [1.29, 1.82) is 5.26 Å². The van der Waals surface area contributed by atoms with Crippen LogP contribution in [0.4, 0.5) is 0 Å². The number of rotatable bonds is 3. The first-order valence-corrected chi connectivity index (χ1v) is 5.64. The zero-order valence-electron chi connectivity index (χ0n) is 9.39. The largest absolute Gasteiger partial charge is 0.312 e. The van der Waals surface area contributed by atoms with Crippen molar-refractivity contribution in [3.63, 3.8) is 0 Å². The molecule has 0 aliphatic rings. The Labute approximate surface area is 104 Å². The molecule has 1 atom stereocenters. The van der Waals surface area contributed by atoms with E-state index >= 15 is 0 Å². The van der Waals surface area contributed by atoms with E-state index in [4.69, 9.17) is 22.6 Å². The maximum Gasteiger partial charge on any atom is 0.125 e. The molecule has 0 fully saturated rings. The first kappa shape index (κ1) is 11.8. The summed E-state index contributed by atoms with van der Waals surface area (Å²) in [5, 5.41) is 18.1. The molecule has 0 bridgehead atoms. The van der Waals surface area contributed by atoms with Gasteiger partial charge in [-0.25, -0.2) is 0 Å². The van der Waals surface area contributed by atoms with E-state index in [2.05, 4.69) is 16.3 Å². The van der Waals surface area contributed by atoms with Crippen LogP contribution in [0.5, 0.6) is 0 Å².